The van der Waals surface area contributed by atoms with Crippen LogP contribution < -0.4 is 21.3 Å². The molecule has 0 aliphatic rings. The molecule has 0 spiro atoms. The zero-order chi connectivity index (χ0) is 16.4. The molecule has 3 amide bonds. The highest BCUT2D eigenvalue weighted by atomic mass is 16.2. The van der Waals surface area contributed by atoms with E-state index in [-0.39, 0.29) is 24.9 Å². The molecule has 0 fully saturated rings. The second kappa shape index (κ2) is 9.51. The number of rotatable bonds is 8. The second-order valence-electron chi connectivity index (χ2n) is 4.73. The molecule has 0 heterocycles. The summed E-state index contributed by atoms with van der Waals surface area (Å²) in [6.07, 6.45) is 0.386. The average molecular weight is 306 g/mol. The molecule has 1 aromatic rings. The Morgan fingerprint density at radius 2 is 1.68 bits per heavy atom. The second-order valence-corrected chi connectivity index (χ2v) is 4.73. The molecule has 7 nitrogen and oxygen atoms in total. The van der Waals surface area contributed by atoms with Gasteiger partial charge in [-0.3, -0.25) is 14.4 Å². The highest BCUT2D eigenvalue weighted by Crippen LogP contribution is 2.03. The SMILES string of the molecule is CNCC(=O)NCC(=O)NC(Cc1ccccc1)C(=O)NC. The number of carbonyl (C=O) groups excluding carboxylic acids is 3. The van der Waals surface area contributed by atoms with Gasteiger partial charge < -0.3 is 21.3 Å². The van der Waals surface area contributed by atoms with Crippen molar-refractivity contribution in [1.82, 2.24) is 21.3 Å². The van der Waals surface area contributed by atoms with Crippen LogP contribution in [0, 0.1) is 0 Å². The van der Waals surface area contributed by atoms with E-state index in [1.807, 2.05) is 30.3 Å². The van der Waals surface area contributed by atoms with Gasteiger partial charge in [-0.2, -0.15) is 0 Å². The Bertz CT molecular complexity index is 505. The number of hydrogen-bond donors (Lipinski definition) is 4. The van der Waals surface area contributed by atoms with E-state index in [0.717, 1.165) is 5.56 Å². The normalized spacial score (nSPS) is 11.4. The van der Waals surface area contributed by atoms with Crippen molar-refractivity contribution >= 4 is 17.7 Å². The van der Waals surface area contributed by atoms with Crippen molar-refractivity contribution in [3.63, 3.8) is 0 Å². The summed E-state index contributed by atoms with van der Waals surface area (Å²) in [6, 6.07) is 8.72. The Hall–Kier alpha value is -2.41. The summed E-state index contributed by atoms with van der Waals surface area (Å²) < 4.78 is 0. The van der Waals surface area contributed by atoms with Crippen LogP contribution in [0.1, 0.15) is 5.56 Å². The lowest BCUT2D eigenvalue weighted by Gasteiger charge is -2.17. The van der Waals surface area contributed by atoms with Gasteiger partial charge in [0.1, 0.15) is 6.04 Å². The molecule has 0 saturated carbocycles. The van der Waals surface area contributed by atoms with Crippen molar-refractivity contribution in [2.75, 3.05) is 27.2 Å². The van der Waals surface area contributed by atoms with Crippen LogP contribution >= 0.6 is 0 Å². The van der Waals surface area contributed by atoms with Crippen molar-refractivity contribution in [2.24, 2.45) is 0 Å². The standard InChI is InChI=1S/C15H22N4O3/c1-16-9-13(20)18-10-14(21)19-12(15(22)17-2)8-11-6-4-3-5-7-11/h3-7,12,16H,8-10H2,1-2H3,(H,17,22)(H,18,20)(H,19,21). The van der Waals surface area contributed by atoms with Crippen LogP contribution in [0.3, 0.4) is 0 Å². The summed E-state index contributed by atoms with van der Waals surface area (Å²) in [5, 5.41) is 10.3. The lowest BCUT2D eigenvalue weighted by Crippen LogP contribution is -2.50. The van der Waals surface area contributed by atoms with E-state index < -0.39 is 11.9 Å². The fourth-order valence-corrected chi connectivity index (χ4v) is 1.88. The zero-order valence-corrected chi connectivity index (χ0v) is 12.8. The summed E-state index contributed by atoms with van der Waals surface area (Å²) in [7, 11) is 3.16. The number of benzene rings is 1. The first-order chi connectivity index (χ1) is 10.6. The largest absolute Gasteiger partial charge is 0.357 e. The minimum atomic E-state index is -0.680. The third-order valence-corrected chi connectivity index (χ3v) is 2.96. The molecular formula is C15H22N4O3. The molecule has 1 rings (SSSR count). The maximum absolute atomic E-state index is 11.9. The van der Waals surface area contributed by atoms with Gasteiger partial charge in [-0.25, -0.2) is 0 Å². The summed E-state index contributed by atoms with van der Waals surface area (Å²) in [5.74, 6) is -0.968. The summed E-state index contributed by atoms with van der Waals surface area (Å²) in [4.78, 5) is 35.0. The fourth-order valence-electron chi connectivity index (χ4n) is 1.88. The van der Waals surface area contributed by atoms with Gasteiger partial charge in [0, 0.05) is 13.5 Å². The van der Waals surface area contributed by atoms with Gasteiger partial charge in [0.25, 0.3) is 0 Å². The van der Waals surface area contributed by atoms with Crippen molar-refractivity contribution in [1.29, 1.82) is 0 Å². The molecule has 1 unspecified atom stereocenters. The molecular weight excluding hydrogens is 284 g/mol. The number of amides is 3. The van der Waals surface area contributed by atoms with Gasteiger partial charge in [0.2, 0.25) is 17.7 Å². The van der Waals surface area contributed by atoms with Gasteiger partial charge in [-0.1, -0.05) is 30.3 Å². The molecule has 7 heteroatoms. The van der Waals surface area contributed by atoms with Crippen LogP contribution in [0.5, 0.6) is 0 Å². The van der Waals surface area contributed by atoms with E-state index in [2.05, 4.69) is 21.3 Å². The first kappa shape index (κ1) is 17.6. The predicted octanol–water partition coefficient (Wildman–Crippen LogP) is -1.20. The minimum Gasteiger partial charge on any atom is -0.357 e. The number of hydrogen-bond acceptors (Lipinski definition) is 4. The number of nitrogens with one attached hydrogen (secondary N) is 4. The van der Waals surface area contributed by atoms with E-state index >= 15 is 0 Å². The molecule has 120 valence electrons. The van der Waals surface area contributed by atoms with Gasteiger partial charge >= 0.3 is 0 Å². The monoisotopic (exact) mass is 306 g/mol. The van der Waals surface area contributed by atoms with E-state index in [9.17, 15) is 14.4 Å². The smallest absolute Gasteiger partial charge is 0.242 e. The number of likely N-dealkylation sites (N-methyl/N-ethyl adjacent to an activating group) is 2. The van der Waals surface area contributed by atoms with E-state index in [1.165, 1.54) is 7.05 Å². The molecule has 4 N–H and O–H groups in total. The maximum atomic E-state index is 11.9. The molecule has 1 atom stereocenters. The van der Waals surface area contributed by atoms with Crippen molar-refractivity contribution in [3.8, 4) is 0 Å². The molecule has 0 saturated heterocycles. The van der Waals surface area contributed by atoms with Crippen molar-refractivity contribution in [3.05, 3.63) is 35.9 Å². The maximum Gasteiger partial charge on any atom is 0.242 e. The van der Waals surface area contributed by atoms with Crippen LogP contribution in [0.4, 0.5) is 0 Å². The van der Waals surface area contributed by atoms with Crippen LogP contribution in [0.15, 0.2) is 30.3 Å². The molecule has 0 radical (unpaired) electrons. The van der Waals surface area contributed by atoms with Crippen LogP contribution in [-0.4, -0.2) is 50.9 Å². The third-order valence-electron chi connectivity index (χ3n) is 2.96. The average Bonchev–Trinajstić information content (AvgIpc) is 2.53. The van der Waals surface area contributed by atoms with E-state index in [0.29, 0.717) is 6.42 Å². The fraction of sp³-hybridized carbons (Fsp3) is 0.400. The molecule has 0 aliphatic carbocycles. The molecule has 0 aromatic heterocycles. The Morgan fingerprint density at radius 1 is 1.00 bits per heavy atom. The molecule has 0 aliphatic heterocycles. The summed E-state index contributed by atoms with van der Waals surface area (Å²) in [6.45, 7) is -0.0288. The third kappa shape index (κ3) is 6.36. The molecule has 1 aromatic carbocycles. The summed E-state index contributed by atoms with van der Waals surface area (Å²) in [5.41, 5.74) is 0.940. The van der Waals surface area contributed by atoms with Gasteiger partial charge in [0.15, 0.2) is 0 Å². The quantitative estimate of drug-likeness (QED) is 0.484. The Labute approximate surface area is 129 Å². The lowest BCUT2D eigenvalue weighted by atomic mass is 10.1. The topological polar surface area (TPSA) is 99.3 Å². The first-order valence-electron chi connectivity index (χ1n) is 7.03. The van der Waals surface area contributed by atoms with E-state index in [1.54, 1.807) is 7.05 Å². The molecule has 22 heavy (non-hydrogen) atoms. The Balaban J connectivity index is 2.56. The number of carbonyl (C=O) groups is 3. The lowest BCUT2D eigenvalue weighted by molar-refractivity contribution is -0.129. The van der Waals surface area contributed by atoms with Crippen LogP contribution in [0.2, 0.25) is 0 Å². The van der Waals surface area contributed by atoms with Gasteiger partial charge in [-0.15, -0.1) is 0 Å². The minimum absolute atomic E-state index is 0.135. The predicted molar refractivity (Wildman–Crippen MR) is 83.1 cm³/mol. The van der Waals surface area contributed by atoms with Crippen molar-refractivity contribution in [2.45, 2.75) is 12.5 Å². The van der Waals surface area contributed by atoms with Crippen molar-refractivity contribution < 1.29 is 14.4 Å². The van der Waals surface area contributed by atoms with Gasteiger partial charge in [0.05, 0.1) is 13.1 Å². The van der Waals surface area contributed by atoms with E-state index in [4.69, 9.17) is 0 Å². The summed E-state index contributed by atoms with van der Waals surface area (Å²) >= 11 is 0. The first-order valence-corrected chi connectivity index (χ1v) is 7.03. The van der Waals surface area contributed by atoms with Gasteiger partial charge in [-0.05, 0) is 12.6 Å². The van der Waals surface area contributed by atoms with Crippen LogP contribution in [0.25, 0.3) is 0 Å². The zero-order valence-electron chi connectivity index (χ0n) is 12.8. The Morgan fingerprint density at radius 3 is 2.27 bits per heavy atom. The Kier molecular flexibility index (Phi) is 7.63. The van der Waals surface area contributed by atoms with Crippen LogP contribution in [-0.2, 0) is 20.8 Å². The highest BCUT2D eigenvalue weighted by molar-refractivity contribution is 5.90. The highest BCUT2D eigenvalue weighted by Gasteiger charge is 2.20. The molecule has 0 bridgehead atoms.